The van der Waals surface area contributed by atoms with Crippen LogP contribution in [0.25, 0.3) is 0 Å². The van der Waals surface area contributed by atoms with Crippen molar-refractivity contribution in [3.8, 4) is 0 Å². The molecule has 25 heavy (non-hydrogen) atoms. The van der Waals surface area contributed by atoms with Gasteiger partial charge in [0.25, 0.3) is 0 Å². The second-order valence-electron chi connectivity index (χ2n) is 6.89. The summed E-state index contributed by atoms with van der Waals surface area (Å²) in [6.07, 6.45) is 0. The summed E-state index contributed by atoms with van der Waals surface area (Å²) in [5.74, 6) is 0.926. The van der Waals surface area contributed by atoms with Gasteiger partial charge in [-0.25, -0.2) is 0 Å². The average molecular weight is 370 g/mol. The molecule has 2 aromatic carbocycles. The highest BCUT2D eigenvalue weighted by atomic mass is 32.2. The number of hydrogen-bond acceptors (Lipinski definition) is 5. The molecule has 0 aliphatic carbocycles. The normalized spacial score (nSPS) is 11.5. The van der Waals surface area contributed by atoms with Crippen LogP contribution in [0, 0.1) is 0 Å². The molecule has 0 bridgehead atoms. The van der Waals surface area contributed by atoms with Crippen molar-refractivity contribution < 1.29 is 0 Å². The molecule has 0 unspecified atom stereocenters. The van der Waals surface area contributed by atoms with Gasteiger partial charge in [0, 0.05) is 11.4 Å². The molecule has 3 aromatic rings. The Morgan fingerprint density at radius 3 is 2.44 bits per heavy atom. The maximum absolute atomic E-state index is 4.32. The summed E-state index contributed by atoms with van der Waals surface area (Å²) in [7, 11) is 0. The molecule has 0 saturated heterocycles. The Balaban J connectivity index is 1.59. The molecule has 0 aliphatic heterocycles. The zero-order valence-electron chi connectivity index (χ0n) is 14.8. The first-order valence-electron chi connectivity index (χ1n) is 8.35. The van der Waals surface area contributed by atoms with Crippen molar-refractivity contribution in [2.45, 2.75) is 42.8 Å². The van der Waals surface area contributed by atoms with Gasteiger partial charge in [-0.05, 0) is 22.6 Å². The van der Waals surface area contributed by atoms with E-state index in [4.69, 9.17) is 0 Å². The Morgan fingerprint density at radius 2 is 1.68 bits per heavy atom. The van der Waals surface area contributed by atoms with Crippen LogP contribution in [0.1, 0.15) is 36.9 Å². The van der Waals surface area contributed by atoms with E-state index in [0.717, 1.165) is 15.1 Å². The Labute approximate surface area is 157 Å². The van der Waals surface area contributed by atoms with Gasteiger partial charge in [-0.2, -0.15) is 0 Å². The summed E-state index contributed by atoms with van der Waals surface area (Å²) in [5, 5.41) is 13.2. The van der Waals surface area contributed by atoms with Crippen LogP contribution in [-0.4, -0.2) is 10.2 Å². The Kier molecular flexibility index (Phi) is 5.76. The smallest absolute Gasteiger partial charge is 0.174 e. The second kappa shape index (κ2) is 8.02. The summed E-state index contributed by atoms with van der Waals surface area (Å²) >= 11 is 3.40. The molecule has 3 nitrogen and oxygen atoms in total. The molecule has 1 aromatic heterocycles. The van der Waals surface area contributed by atoms with E-state index in [0.29, 0.717) is 6.54 Å². The van der Waals surface area contributed by atoms with Gasteiger partial charge in [0.05, 0.1) is 6.54 Å². The minimum absolute atomic E-state index is 0.113. The molecule has 0 atom stereocenters. The summed E-state index contributed by atoms with van der Waals surface area (Å²) in [6.45, 7) is 7.40. The lowest BCUT2D eigenvalue weighted by molar-refractivity contribution is 0.591. The van der Waals surface area contributed by atoms with E-state index >= 15 is 0 Å². The first kappa shape index (κ1) is 18.0. The molecular weight excluding hydrogens is 346 g/mol. The third-order valence-electron chi connectivity index (χ3n) is 3.82. The van der Waals surface area contributed by atoms with Crippen LogP contribution in [0.15, 0.2) is 58.9 Å². The van der Waals surface area contributed by atoms with Crippen molar-refractivity contribution in [1.29, 1.82) is 0 Å². The predicted molar refractivity (Wildman–Crippen MR) is 108 cm³/mol. The van der Waals surface area contributed by atoms with E-state index in [-0.39, 0.29) is 5.41 Å². The molecule has 0 fully saturated rings. The molecule has 0 spiro atoms. The largest absolute Gasteiger partial charge is 0.378 e. The van der Waals surface area contributed by atoms with Crippen LogP contribution < -0.4 is 5.32 Å². The Morgan fingerprint density at radius 1 is 0.960 bits per heavy atom. The topological polar surface area (TPSA) is 37.8 Å². The summed E-state index contributed by atoms with van der Waals surface area (Å²) in [6, 6.07) is 18.9. The van der Waals surface area contributed by atoms with E-state index in [1.54, 1.807) is 23.1 Å². The van der Waals surface area contributed by atoms with Crippen molar-refractivity contribution in [1.82, 2.24) is 10.2 Å². The molecule has 0 saturated carbocycles. The molecule has 0 aliphatic rings. The molecular formula is C20H23N3S2. The first-order chi connectivity index (χ1) is 12.0. The Bertz CT molecular complexity index is 807. The lowest BCUT2D eigenvalue weighted by atomic mass is 9.86. The van der Waals surface area contributed by atoms with E-state index in [9.17, 15) is 0 Å². The van der Waals surface area contributed by atoms with Gasteiger partial charge in [0.15, 0.2) is 4.34 Å². The fourth-order valence-corrected chi connectivity index (χ4v) is 4.34. The number of thioether (sulfide) groups is 1. The standard InChI is InChI=1S/C20H23N3S2/c1-20(2,3)16-11-7-8-12-17(16)21-13-18-22-23-19(25-18)24-14-15-9-5-4-6-10-15/h4-12,21H,13-14H2,1-3H3. The average Bonchev–Trinajstić information content (AvgIpc) is 3.06. The molecule has 0 amide bonds. The van der Waals surface area contributed by atoms with Crippen molar-refractivity contribution in [2.24, 2.45) is 0 Å². The van der Waals surface area contributed by atoms with Crippen molar-refractivity contribution in [3.05, 3.63) is 70.7 Å². The maximum atomic E-state index is 4.32. The minimum Gasteiger partial charge on any atom is -0.378 e. The number of hydrogen-bond donors (Lipinski definition) is 1. The Hall–Kier alpha value is -1.85. The van der Waals surface area contributed by atoms with Crippen LogP contribution in [0.4, 0.5) is 5.69 Å². The third kappa shape index (κ3) is 5.06. The highest BCUT2D eigenvalue weighted by Gasteiger charge is 2.17. The highest BCUT2D eigenvalue weighted by Crippen LogP contribution is 2.30. The third-order valence-corrected chi connectivity index (χ3v) is 5.95. The predicted octanol–water partition coefficient (Wildman–Crippen LogP) is 5.74. The number of para-hydroxylation sites is 1. The molecule has 1 heterocycles. The number of rotatable bonds is 6. The summed E-state index contributed by atoms with van der Waals surface area (Å²) < 4.78 is 1.02. The molecule has 1 N–H and O–H groups in total. The summed E-state index contributed by atoms with van der Waals surface area (Å²) in [5.41, 5.74) is 3.91. The summed E-state index contributed by atoms with van der Waals surface area (Å²) in [4.78, 5) is 0. The van der Waals surface area contributed by atoms with Gasteiger partial charge in [0.2, 0.25) is 0 Å². The van der Waals surface area contributed by atoms with Gasteiger partial charge in [-0.1, -0.05) is 92.4 Å². The van der Waals surface area contributed by atoms with Gasteiger partial charge in [0.1, 0.15) is 5.01 Å². The van der Waals surface area contributed by atoms with Crippen LogP contribution in [0.2, 0.25) is 0 Å². The zero-order chi connectivity index (χ0) is 17.7. The van der Waals surface area contributed by atoms with Crippen molar-refractivity contribution >= 4 is 28.8 Å². The van der Waals surface area contributed by atoms with Crippen LogP contribution in [-0.2, 0) is 17.7 Å². The van der Waals surface area contributed by atoms with Crippen LogP contribution in [0.3, 0.4) is 0 Å². The lowest BCUT2D eigenvalue weighted by Gasteiger charge is -2.23. The fourth-order valence-electron chi connectivity index (χ4n) is 2.55. The lowest BCUT2D eigenvalue weighted by Crippen LogP contribution is -2.14. The van der Waals surface area contributed by atoms with E-state index in [1.165, 1.54) is 16.8 Å². The van der Waals surface area contributed by atoms with Crippen molar-refractivity contribution in [2.75, 3.05) is 5.32 Å². The molecule has 130 valence electrons. The van der Waals surface area contributed by atoms with Gasteiger partial charge < -0.3 is 5.32 Å². The van der Waals surface area contributed by atoms with Crippen molar-refractivity contribution in [3.63, 3.8) is 0 Å². The monoisotopic (exact) mass is 369 g/mol. The fraction of sp³-hybridized carbons (Fsp3) is 0.300. The van der Waals surface area contributed by atoms with E-state index in [1.807, 2.05) is 6.07 Å². The zero-order valence-corrected chi connectivity index (χ0v) is 16.5. The maximum Gasteiger partial charge on any atom is 0.174 e. The minimum atomic E-state index is 0.113. The molecule has 0 radical (unpaired) electrons. The quantitative estimate of drug-likeness (QED) is 0.562. The van der Waals surface area contributed by atoms with Gasteiger partial charge in [-0.15, -0.1) is 10.2 Å². The second-order valence-corrected chi connectivity index (χ2v) is 9.17. The highest BCUT2D eigenvalue weighted by molar-refractivity contribution is 8.00. The molecule has 3 rings (SSSR count). The van der Waals surface area contributed by atoms with Gasteiger partial charge in [-0.3, -0.25) is 0 Å². The number of aromatic nitrogens is 2. The first-order valence-corrected chi connectivity index (χ1v) is 10.1. The van der Waals surface area contributed by atoms with E-state index in [2.05, 4.69) is 84.8 Å². The number of nitrogens with zero attached hydrogens (tertiary/aromatic N) is 2. The van der Waals surface area contributed by atoms with E-state index < -0.39 is 0 Å². The number of nitrogens with one attached hydrogen (secondary N) is 1. The SMILES string of the molecule is CC(C)(C)c1ccccc1NCc1nnc(SCc2ccccc2)s1. The molecule has 5 heteroatoms. The number of benzene rings is 2. The van der Waals surface area contributed by atoms with Gasteiger partial charge >= 0.3 is 0 Å². The van der Waals surface area contributed by atoms with Crippen LogP contribution >= 0.6 is 23.1 Å². The van der Waals surface area contributed by atoms with Crippen LogP contribution in [0.5, 0.6) is 0 Å². The number of anilines is 1.